The number of ether oxygens (including phenoxy) is 1. The van der Waals surface area contributed by atoms with Crippen molar-refractivity contribution < 1.29 is 13.9 Å². The molecular weight excluding hydrogens is 499 g/mol. The minimum absolute atomic E-state index is 0.0673. The maximum Gasteiger partial charge on any atom is 0.220 e. The Hall–Kier alpha value is -3.36. The van der Waals surface area contributed by atoms with E-state index in [1.54, 1.807) is 31.0 Å². The van der Waals surface area contributed by atoms with Gasteiger partial charge in [-0.1, -0.05) is 53.7 Å². The first-order chi connectivity index (χ1) is 17.5. The molecule has 1 amide bonds. The SMILES string of the molecule is COc1cccc(-n2c(CCCC(=O)NCc3ccc(F)cc3)nnc2SCc2cccc(Cl)c2)c1. The standard InChI is InChI=1S/C27H26ClFN4O2S/c1-35-24-8-3-7-23(16-24)33-25(31-32-27(33)36-18-20-5-2-6-21(28)15-20)9-4-10-26(34)30-17-19-11-13-22(29)14-12-19/h2-3,5-8,11-16H,4,9-10,17-18H2,1H3,(H,30,34). The monoisotopic (exact) mass is 524 g/mol. The molecule has 0 spiro atoms. The van der Waals surface area contributed by atoms with E-state index in [9.17, 15) is 9.18 Å². The highest BCUT2D eigenvalue weighted by molar-refractivity contribution is 7.98. The van der Waals surface area contributed by atoms with Gasteiger partial charge in [0, 0.05) is 36.2 Å². The van der Waals surface area contributed by atoms with Gasteiger partial charge in [-0.15, -0.1) is 10.2 Å². The second-order valence-corrected chi connectivity index (χ2v) is 9.49. The molecule has 6 nitrogen and oxygen atoms in total. The van der Waals surface area contributed by atoms with Crippen molar-refractivity contribution in [2.75, 3.05) is 7.11 Å². The van der Waals surface area contributed by atoms with Crippen molar-refractivity contribution in [2.45, 2.75) is 36.7 Å². The molecule has 0 unspecified atom stereocenters. The Bertz CT molecular complexity index is 1310. The molecule has 1 aromatic heterocycles. The Balaban J connectivity index is 1.42. The zero-order valence-electron chi connectivity index (χ0n) is 19.8. The number of thioether (sulfide) groups is 1. The van der Waals surface area contributed by atoms with Gasteiger partial charge in [0.2, 0.25) is 5.91 Å². The second-order valence-electron chi connectivity index (χ2n) is 8.11. The highest BCUT2D eigenvalue weighted by Gasteiger charge is 2.16. The number of aromatic nitrogens is 3. The molecule has 36 heavy (non-hydrogen) atoms. The summed E-state index contributed by atoms with van der Waals surface area (Å²) in [7, 11) is 1.63. The average molecular weight is 525 g/mol. The fourth-order valence-electron chi connectivity index (χ4n) is 3.64. The molecule has 0 atom stereocenters. The first-order valence-corrected chi connectivity index (χ1v) is 12.9. The number of carbonyl (C=O) groups is 1. The van der Waals surface area contributed by atoms with E-state index in [1.807, 2.05) is 53.1 Å². The summed E-state index contributed by atoms with van der Waals surface area (Å²) in [4.78, 5) is 12.3. The van der Waals surface area contributed by atoms with Gasteiger partial charge in [0.05, 0.1) is 12.8 Å². The predicted octanol–water partition coefficient (Wildman–Crippen LogP) is 6.00. The lowest BCUT2D eigenvalue weighted by Gasteiger charge is -2.12. The molecule has 0 radical (unpaired) electrons. The van der Waals surface area contributed by atoms with E-state index in [4.69, 9.17) is 16.3 Å². The first-order valence-electron chi connectivity index (χ1n) is 11.5. The lowest BCUT2D eigenvalue weighted by molar-refractivity contribution is -0.121. The van der Waals surface area contributed by atoms with E-state index in [0.29, 0.717) is 36.6 Å². The van der Waals surface area contributed by atoms with E-state index >= 15 is 0 Å². The van der Waals surface area contributed by atoms with Crippen molar-refractivity contribution in [1.29, 1.82) is 0 Å². The third-order valence-electron chi connectivity index (χ3n) is 5.48. The van der Waals surface area contributed by atoms with Crippen molar-refractivity contribution in [3.8, 4) is 11.4 Å². The summed E-state index contributed by atoms with van der Waals surface area (Å²) >= 11 is 7.70. The number of nitrogens with zero attached hydrogens (tertiary/aromatic N) is 3. The van der Waals surface area contributed by atoms with Crippen molar-refractivity contribution in [1.82, 2.24) is 20.1 Å². The summed E-state index contributed by atoms with van der Waals surface area (Å²) in [6, 6.07) is 21.6. The van der Waals surface area contributed by atoms with Crippen LogP contribution >= 0.6 is 23.4 Å². The molecule has 0 bridgehead atoms. The van der Waals surface area contributed by atoms with Gasteiger partial charge in [-0.3, -0.25) is 9.36 Å². The molecule has 9 heteroatoms. The van der Waals surface area contributed by atoms with Crippen molar-refractivity contribution in [3.63, 3.8) is 0 Å². The Kier molecular flexibility index (Phi) is 8.97. The number of rotatable bonds is 11. The topological polar surface area (TPSA) is 69.0 Å². The molecule has 0 aliphatic rings. The average Bonchev–Trinajstić information content (AvgIpc) is 3.30. The van der Waals surface area contributed by atoms with E-state index < -0.39 is 0 Å². The lowest BCUT2D eigenvalue weighted by atomic mass is 10.2. The smallest absolute Gasteiger partial charge is 0.220 e. The number of methoxy groups -OCH3 is 1. The van der Waals surface area contributed by atoms with Gasteiger partial charge in [-0.05, 0) is 53.9 Å². The van der Waals surface area contributed by atoms with Gasteiger partial charge in [0.1, 0.15) is 17.4 Å². The summed E-state index contributed by atoms with van der Waals surface area (Å²) in [5.74, 6) is 1.83. The molecule has 0 fully saturated rings. The molecule has 0 aliphatic heterocycles. The van der Waals surface area contributed by atoms with Crippen LogP contribution in [-0.2, 0) is 23.5 Å². The maximum absolute atomic E-state index is 13.0. The first kappa shape index (κ1) is 25.7. The zero-order chi connectivity index (χ0) is 25.3. The van der Waals surface area contributed by atoms with Gasteiger partial charge in [-0.2, -0.15) is 0 Å². The van der Waals surface area contributed by atoms with Crippen LogP contribution in [0.15, 0.2) is 78.0 Å². The highest BCUT2D eigenvalue weighted by atomic mass is 35.5. The third kappa shape index (κ3) is 7.08. The van der Waals surface area contributed by atoms with E-state index in [1.165, 1.54) is 12.1 Å². The van der Waals surface area contributed by atoms with Crippen LogP contribution in [0.4, 0.5) is 4.39 Å². The maximum atomic E-state index is 13.0. The molecule has 4 aromatic rings. The van der Waals surface area contributed by atoms with Gasteiger partial charge >= 0.3 is 0 Å². The number of amides is 1. The molecule has 0 saturated carbocycles. The van der Waals surface area contributed by atoms with Gasteiger partial charge < -0.3 is 10.1 Å². The minimum atomic E-state index is -0.296. The fourth-order valence-corrected chi connectivity index (χ4v) is 4.76. The normalized spacial score (nSPS) is 10.9. The number of carbonyl (C=O) groups excluding carboxylic acids is 1. The molecule has 4 rings (SSSR count). The molecule has 3 aromatic carbocycles. The van der Waals surface area contributed by atoms with Crippen LogP contribution in [0.25, 0.3) is 5.69 Å². The van der Waals surface area contributed by atoms with Gasteiger partial charge in [0.25, 0.3) is 0 Å². The van der Waals surface area contributed by atoms with Crippen LogP contribution in [-0.4, -0.2) is 27.8 Å². The number of nitrogens with one attached hydrogen (secondary N) is 1. The fraction of sp³-hybridized carbons (Fsp3) is 0.222. The van der Waals surface area contributed by atoms with Gasteiger partial charge in [-0.25, -0.2) is 4.39 Å². The molecule has 0 aliphatic carbocycles. The van der Waals surface area contributed by atoms with Crippen LogP contribution in [0, 0.1) is 5.82 Å². The number of benzene rings is 3. The Morgan fingerprint density at radius 3 is 2.64 bits per heavy atom. The number of hydrogen-bond acceptors (Lipinski definition) is 5. The third-order valence-corrected chi connectivity index (χ3v) is 6.71. The lowest BCUT2D eigenvalue weighted by Crippen LogP contribution is -2.22. The predicted molar refractivity (Wildman–Crippen MR) is 140 cm³/mol. The second kappa shape index (κ2) is 12.6. The summed E-state index contributed by atoms with van der Waals surface area (Å²) in [6.45, 7) is 0.364. The van der Waals surface area contributed by atoms with Crippen LogP contribution < -0.4 is 10.1 Å². The number of aryl methyl sites for hydroxylation is 1. The van der Waals surface area contributed by atoms with E-state index in [-0.39, 0.29) is 11.7 Å². The van der Waals surface area contributed by atoms with Crippen LogP contribution in [0.5, 0.6) is 5.75 Å². The quantitative estimate of drug-likeness (QED) is 0.244. The molecule has 0 saturated heterocycles. The number of hydrogen-bond donors (Lipinski definition) is 1. The zero-order valence-corrected chi connectivity index (χ0v) is 21.4. The Morgan fingerprint density at radius 2 is 1.86 bits per heavy atom. The number of halogens is 2. The summed E-state index contributed by atoms with van der Waals surface area (Å²) in [5.41, 5.74) is 2.83. The molecule has 1 heterocycles. The van der Waals surface area contributed by atoms with Crippen LogP contribution in [0.2, 0.25) is 5.02 Å². The molecular formula is C27H26ClFN4O2S. The van der Waals surface area contributed by atoms with Crippen molar-refractivity contribution in [3.05, 3.63) is 101 Å². The van der Waals surface area contributed by atoms with E-state index in [0.717, 1.165) is 33.5 Å². The van der Waals surface area contributed by atoms with Gasteiger partial charge in [0.15, 0.2) is 5.16 Å². The summed E-state index contributed by atoms with van der Waals surface area (Å²) < 4.78 is 20.5. The Morgan fingerprint density at radius 1 is 1.06 bits per heavy atom. The molecule has 186 valence electrons. The Labute approximate surface area is 218 Å². The minimum Gasteiger partial charge on any atom is -0.497 e. The van der Waals surface area contributed by atoms with Crippen LogP contribution in [0.3, 0.4) is 0 Å². The largest absolute Gasteiger partial charge is 0.497 e. The van der Waals surface area contributed by atoms with Crippen molar-refractivity contribution in [2.24, 2.45) is 0 Å². The highest BCUT2D eigenvalue weighted by Crippen LogP contribution is 2.28. The van der Waals surface area contributed by atoms with E-state index in [2.05, 4.69) is 15.5 Å². The van der Waals surface area contributed by atoms with Crippen molar-refractivity contribution >= 4 is 29.3 Å². The summed E-state index contributed by atoms with van der Waals surface area (Å²) in [5, 5.41) is 13.2. The van der Waals surface area contributed by atoms with Crippen LogP contribution in [0.1, 0.15) is 29.8 Å². The molecule has 1 N–H and O–H groups in total. The summed E-state index contributed by atoms with van der Waals surface area (Å²) in [6.07, 6.45) is 1.53.